The number of hydrogen-bond acceptors (Lipinski definition) is 4. The summed E-state index contributed by atoms with van der Waals surface area (Å²) in [6.45, 7) is 7.55. The highest BCUT2D eigenvalue weighted by molar-refractivity contribution is 6.31. The first kappa shape index (κ1) is 15.8. The Balaban J connectivity index is 2.60. The number of nitrogens with one attached hydrogen (secondary N) is 2. The molecule has 0 aliphatic rings. The van der Waals surface area contributed by atoms with E-state index < -0.39 is 0 Å². The van der Waals surface area contributed by atoms with Gasteiger partial charge in [0.15, 0.2) is 0 Å². The van der Waals surface area contributed by atoms with Crippen LogP contribution in [0, 0.1) is 0 Å². The van der Waals surface area contributed by atoms with Gasteiger partial charge in [0.2, 0.25) is 0 Å². The lowest BCUT2D eigenvalue weighted by molar-refractivity contribution is 0.0949. The monoisotopic (exact) mass is 284 g/mol. The van der Waals surface area contributed by atoms with Crippen molar-refractivity contribution in [2.24, 2.45) is 5.84 Å². The molecule has 1 rings (SSSR count). The summed E-state index contributed by atoms with van der Waals surface area (Å²) in [6, 6.07) is 4.97. The summed E-state index contributed by atoms with van der Waals surface area (Å²) < 4.78 is 0. The molecule has 0 aliphatic carbocycles. The number of benzene rings is 1. The highest BCUT2D eigenvalue weighted by Crippen LogP contribution is 2.19. The number of anilines is 1. The molecule has 1 aromatic carbocycles. The normalized spacial score (nSPS) is 10.6. The van der Waals surface area contributed by atoms with Gasteiger partial charge >= 0.3 is 0 Å². The molecule has 0 radical (unpaired) electrons. The zero-order valence-electron chi connectivity index (χ0n) is 11.4. The molecule has 5 nitrogen and oxygen atoms in total. The van der Waals surface area contributed by atoms with Crippen LogP contribution in [0.15, 0.2) is 18.2 Å². The molecule has 4 N–H and O–H groups in total. The van der Waals surface area contributed by atoms with Gasteiger partial charge < -0.3 is 15.6 Å². The summed E-state index contributed by atoms with van der Waals surface area (Å²) in [5, 5.41) is 3.37. The van der Waals surface area contributed by atoms with Crippen LogP contribution >= 0.6 is 11.6 Å². The zero-order valence-corrected chi connectivity index (χ0v) is 12.1. The van der Waals surface area contributed by atoms with Gasteiger partial charge in [0.25, 0.3) is 5.91 Å². The Morgan fingerprint density at radius 2 is 2.05 bits per heavy atom. The molecule has 0 unspecified atom stereocenters. The summed E-state index contributed by atoms with van der Waals surface area (Å²) in [5.74, 6) is 5.20. The molecule has 6 heteroatoms. The highest BCUT2D eigenvalue weighted by Gasteiger charge is 2.11. The van der Waals surface area contributed by atoms with Crippen LogP contribution in [0.3, 0.4) is 0 Å². The molecule has 106 valence electrons. The topological polar surface area (TPSA) is 70.4 Å². The van der Waals surface area contributed by atoms with E-state index in [2.05, 4.69) is 29.5 Å². The van der Waals surface area contributed by atoms with Gasteiger partial charge in [0.1, 0.15) is 0 Å². The van der Waals surface area contributed by atoms with Crippen LogP contribution in [0.4, 0.5) is 5.69 Å². The van der Waals surface area contributed by atoms with E-state index in [-0.39, 0.29) is 5.91 Å². The van der Waals surface area contributed by atoms with Crippen molar-refractivity contribution >= 4 is 23.2 Å². The molecule has 0 saturated heterocycles. The molecular weight excluding hydrogens is 264 g/mol. The van der Waals surface area contributed by atoms with E-state index in [0.717, 1.165) is 19.6 Å². The number of halogens is 1. The second-order valence-corrected chi connectivity index (χ2v) is 4.55. The first-order chi connectivity index (χ1) is 9.12. The van der Waals surface area contributed by atoms with E-state index in [1.165, 1.54) is 0 Å². The summed E-state index contributed by atoms with van der Waals surface area (Å²) in [4.78, 5) is 14.3. The second-order valence-electron chi connectivity index (χ2n) is 4.12. The number of carbonyl (C=O) groups excluding carboxylic acids is 1. The molecule has 0 heterocycles. The molecule has 0 atom stereocenters. The first-order valence-corrected chi connectivity index (χ1v) is 6.76. The van der Waals surface area contributed by atoms with Crippen molar-refractivity contribution in [3.63, 3.8) is 0 Å². The van der Waals surface area contributed by atoms with Crippen LogP contribution in [-0.2, 0) is 0 Å². The van der Waals surface area contributed by atoms with E-state index in [1.54, 1.807) is 18.2 Å². The Labute approximate surface area is 119 Å². The third-order valence-corrected chi connectivity index (χ3v) is 3.22. The number of nitrogens with two attached hydrogens (primary N) is 1. The Morgan fingerprint density at radius 1 is 1.37 bits per heavy atom. The van der Waals surface area contributed by atoms with Gasteiger partial charge in [-0.3, -0.25) is 10.6 Å². The molecule has 1 amide bonds. The number of amides is 1. The Hall–Kier alpha value is -1.30. The third kappa shape index (κ3) is 4.70. The molecule has 0 saturated carbocycles. The lowest BCUT2D eigenvalue weighted by Gasteiger charge is -2.18. The number of carbonyl (C=O) groups is 1. The summed E-state index contributed by atoms with van der Waals surface area (Å²) in [5.41, 5.74) is 3.51. The second kappa shape index (κ2) is 7.99. The number of rotatable bonds is 7. The van der Waals surface area contributed by atoms with Crippen molar-refractivity contribution in [2.75, 3.05) is 31.6 Å². The van der Waals surface area contributed by atoms with E-state index in [1.807, 2.05) is 0 Å². The van der Waals surface area contributed by atoms with E-state index in [4.69, 9.17) is 17.4 Å². The SMILES string of the molecule is CCN(CC)CCNC(=O)c1cc(Cl)ccc1NN. The van der Waals surface area contributed by atoms with Gasteiger partial charge in [-0.05, 0) is 31.3 Å². The van der Waals surface area contributed by atoms with Gasteiger partial charge in [-0.25, -0.2) is 0 Å². The van der Waals surface area contributed by atoms with Crippen LogP contribution in [0.1, 0.15) is 24.2 Å². The molecule has 0 fully saturated rings. The summed E-state index contributed by atoms with van der Waals surface area (Å²) in [7, 11) is 0. The minimum absolute atomic E-state index is 0.178. The molecule has 0 bridgehead atoms. The van der Waals surface area contributed by atoms with E-state index in [9.17, 15) is 4.79 Å². The molecule has 0 spiro atoms. The Bertz CT molecular complexity index is 421. The van der Waals surface area contributed by atoms with Gasteiger partial charge in [-0.2, -0.15) is 0 Å². The smallest absolute Gasteiger partial charge is 0.253 e. The van der Waals surface area contributed by atoms with Crippen LogP contribution in [0.2, 0.25) is 5.02 Å². The van der Waals surface area contributed by atoms with Gasteiger partial charge in [0.05, 0.1) is 11.3 Å². The molecule has 0 aliphatic heterocycles. The maximum Gasteiger partial charge on any atom is 0.253 e. The Morgan fingerprint density at radius 3 is 2.63 bits per heavy atom. The van der Waals surface area contributed by atoms with Crippen LogP contribution in [0.5, 0.6) is 0 Å². The van der Waals surface area contributed by atoms with Crippen molar-refractivity contribution in [3.8, 4) is 0 Å². The number of nitrogen functional groups attached to an aromatic ring is 1. The van der Waals surface area contributed by atoms with Crippen molar-refractivity contribution in [1.29, 1.82) is 0 Å². The molecular formula is C13H21ClN4O. The average molecular weight is 285 g/mol. The van der Waals surface area contributed by atoms with Crippen LogP contribution in [0.25, 0.3) is 0 Å². The predicted molar refractivity (Wildman–Crippen MR) is 79.4 cm³/mol. The Kier molecular flexibility index (Phi) is 6.62. The summed E-state index contributed by atoms with van der Waals surface area (Å²) >= 11 is 5.89. The number of hydrogen-bond donors (Lipinski definition) is 3. The van der Waals surface area contributed by atoms with E-state index in [0.29, 0.717) is 22.8 Å². The quantitative estimate of drug-likeness (QED) is 0.526. The van der Waals surface area contributed by atoms with Crippen molar-refractivity contribution in [2.45, 2.75) is 13.8 Å². The minimum Gasteiger partial charge on any atom is -0.351 e. The summed E-state index contributed by atoms with van der Waals surface area (Å²) in [6.07, 6.45) is 0. The van der Waals surface area contributed by atoms with Crippen LogP contribution < -0.4 is 16.6 Å². The van der Waals surface area contributed by atoms with Crippen LogP contribution in [-0.4, -0.2) is 37.0 Å². The lowest BCUT2D eigenvalue weighted by Crippen LogP contribution is -2.35. The maximum atomic E-state index is 12.1. The van der Waals surface area contributed by atoms with Crippen molar-refractivity contribution in [1.82, 2.24) is 10.2 Å². The van der Waals surface area contributed by atoms with Gasteiger partial charge in [-0.1, -0.05) is 25.4 Å². The molecule has 19 heavy (non-hydrogen) atoms. The van der Waals surface area contributed by atoms with Gasteiger partial charge in [-0.15, -0.1) is 0 Å². The molecule has 1 aromatic rings. The molecule has 0 aromatic heterocycles. The maximum absolute atomic E-state index is 12.1. The van der Waals surface area contributed by atoms with Crippen molar-refractivity contribution < 1.29 is 4.79 Å². The zero-order chi connectivity index (χ0) is 14.3. The predicted octanol–water partition coefficient (Wildman–Crippen LogP) is 1.70. The van der Waals surface area contributed by atoms with E-state index >= 15 is 0 Å². The largest absolute Gasteiger partial charge is 0.351 e. The number of hydrazine groups is 1. The van der Waals surface area contributed by atoms with Gasteiger partial charge in [0, 0.05) is 18.1 Å². The number of likely N-dealkylation sites (N-methyl/N-ethyl adjacent to an activating group) is 1. The van der Waals surface area contributed by atoms with Crippen molar-refractivity contribution in [3.05, 3.63) is 28.8 Å². The fourth-order valence-corrected chi connectivity index (χ4v) is 1.96. The third-order valence-electron chi connectivity index (χ3n) is 2.99. The number of nitrogens with zero attached hydrogens (tertiary/aromatic N) is 1. The first-order valence-electron chi connectivity index (χ1n) is 6.39. The standard InChI is InChI=1S/C13H21ClN4O/c1-3-18(4-2)8-7-16-13(19)11-9-10(14)5-6-12(11)17-15/h5-6,9,17H,3-4,7-8,15H2,1-2H3,(H,16,19). The average Bonchev–Trinajstić information content (AvgIpc) is 2.43. The fraction of sp³-hybridized carbons (Fsp3) is 0.462. The lowest BCUT2D eigenvalue weighted by atomic mass is 10.1. The fourth-order valence-electron chi connectivity index (χ4n) is 1.79. The minimum atomic E-state index is -0.178. The highest BCUT2D eigenvalue weighted by atomic mass is 35.5.